The summed E-state index contributed by atoms with van der Waals surface area (Å²) in [6.07, 6.45) is 1.19. The first-order chi connectivity index (χ1) is 8.63. The lowest BCUT2D eigenvalue weighted by atomic mass is 9.97. The van der Waals surface area contributed by atoms with E-state index < -0.39 is 0 Å². The lowest BCUT2D eigenvalue weighted by Crippen LogP contribution is -2.40. The van der Waals surface area contributed by atoms with Crippen LogP contribution in [0.5, 0.6) is 0 Å². The number of likely N-dealkylation sites (tertiary alicyclic amines) is 1. The molecule has 2 heterocycles. The highest BCUT2D eigenvalue weighted by Crippen LogP contribution is 2.20. The molecule has 2 rings (SSSR count). The number of hydrogen-bond acceptors (Lipinski definition) is 6. The van der Waals surface area contributed by atoms with Crippen LogP contribution in [0, 0.1) is 5.92 Å². The molecular weight excluding hydrogens is 238 g/mol. The molecule has 0 unspecified atom stereocenters. The van der Waals surface area contributed by atoms with Crippen LogP contribution in [0.15, 0.2) is 0 Å². The third-order valence-corrected chi connectivity index (χ3v) is 3.09. The maximum absolute atomic E-state index is 12.0. The van der Waals surface area contributed by atoms with Crippen molar-refractivity contribution in [3.8, 4) is 0 Å². The maximum Gasteiger partial charge on any atom is 0.308 e. The Kier molecular flexibility index (Phi) is 3.45. The van der Waals surface area contributed by atoms with Crippen molar-refractivity contribution < 1.29 is 14.3 Å². The van der Waals surface area contributed by atoms with Crippen molar-refractivity contribution in [2.75, 3.05) is 25.9 Å². The van der Waals surface area contributed by atoms with Crippen LogP contribution in [0.25, 0.3) is 0 Å². The minimum absolute atomic E-state index is 0.0927. The van der Waals surface area contributed by atoms with Gasteiger partial charge in [-0.25, -0.2) is 0 Å². The Morgan fingerprint density at radius 3 is 2.56 bits per heavy atom. The van der Waals surface area contributed by atoms with Crippen LogP contribution < -0.4 is 5.73 Å². The topological polar surface area (TPSA) is 114 Å². The number of hydrogen-bond donors (Lipinski definition) is 2. The summed E-state index contributed by atoms with van der Waals surface area (Å²) in [4.78, 5) is 25.0. The molecule has 1 aliphatic heterocycles. The molecule has 8 nitrogen and oxygen atoms in total. The molecule has 0 aromatic carbocycles. The molecule has 3 N–H and O–H groups in total. The molecule has 18 heavy (non-hydrogen) atoms. The van der Waals surface area contributed by atoms with Crippen LogP contribution in [0.2, 0.25) is 0 Å². The van der Waals surface area contributed by atoms with Gasteiger partial charge in [0.15, 0.2) is 11.5 Å². The molecule has 8 heteroatoms. The van der Waals surface area contributed by atoms with Gasteiger partial charge in [-0.15, -0.1) is 10.2 Å². The lowest BCUT2D eigenvalue weighted by Gasteiger charge is -2.30. The number of aromatic nitrogens is 3. The first kappa shape index (κ1) is 12.3. The smallest absolute Gasteiger partial charge is 0.308 e. The minimum Gasteiger partial charge on any atom is -0.469 e. The molecule has 0 saturated carbocycles. The second-order valence-electron chi connectivity index (χ2n) is 4.15. The third-order valence-electron chi connectivity index (χ3n) is 3.09. The third kappa shape index (κ3) is 2.27. The molecule has 1 fully saturated rings. The van der Waals surface area contributed by atoms with Gasteiger partial charge >= 0.3 is 5.97 Å². The van der Waals surface area contributed by atoms with E-state index in [0.717, 1.165) is 0 Å². The van der Waals surface area contributed by atoms with Crippen LogP contribution in [-0.2, 0) is 9.53 Å². The highest BCUT2D eigenvalue weighted by Gasteiger charge is 2.30. The van der Waals surface area contributed by atoms with Crippen molar-refractivity contribution in [1.82, 2.24) is 20.3 Å². The molecular formula is C10H15N5O3. The van der Waals surface area contributed by atoms with Crippen LogP contribution in [0.3, 0.4) is 0 Å². The molecule has 1 aromatic rings. The molecule has 98 valence electrons. The number of nitrogens with two attached hydrogens (primary N) is 1. The first-order valence-electron chi connectivity index (χ1n) is 5.66. The summed E-state index contributed by atoms with van der Waals surface area (Å²) in [7, 11) is 1.37. The molecule has 0 aliphatic carbocycles. The molecule has 1 aliphatic rings. The zero-order valence-electron chi connectivity index (χ0n) is 10.0. The van der Waals surface area contributed by atoms with E-state index in [-0.39, 0.29) is 29.3 Å². The molecule has 1 aromatic heterocycles. The zero-order chi connectivity index (χ0) is 13.1. The van der Waals surface area contributed by atoms with Crippen molar-refractivity contribution in [3.05, 3.63) is 5.69 Å². The van der Waals surface area contributed by atoms with Crippen LogP contribution in [0.1, 0.15) is 23.3 Å². The van der Waals surface area contributed by atoms with Crippen LogP contribution in [0.4, 0.5) is 5.82 Å². The average molecular weight is 253 g/mol. The van der Waals surface area contributed by atoms with Gasteiger partial charge in [-0.3, -0.25) is 9.59 Å². The Morgan fingerprint density at radius 1 is 1.39 bits per heavy atom. The summed E-state index contributed by atoms with van der Waals surface area (Å²) in [5.41, 5.74) is 5.65. The van der Waals surface area contributed by atoms with Crippen molar-refractivity contribution in [3.63, 3.8) is 0 Å². The Labute approximate surface area is 103 Å². The molecule has 0 radical (unpaired) electrons. The second kappa shape index (κ2) is 5.03. The number of aromatic amines is 1. The summed E-state index contributed by atoms with van der Waals surface area (Å²) < 4.78 is 4.69. The number of nitrogen functional groups attached to an aromatic ring is 1. The minimum atomic E-state index is -0.260. The van der Waals surface area contributed by atoms with Gasteiger partial charge in [0.05, 0.1) is 13.0 Å². The highest BCUT2D eigenvalue weighted by atomic mass is 16.5. The van der Waals surface area contributed by atoms with Gasteiger partial charge in [-0.2, -0.15) is 5.21 Å². The molecule has 0 bridgehead atoms. The number of nitrogens with zero attached hydrogens (tertiary/aromatic N) is 3. The summed E-state index contributed by atoms with van der Waals surface area (Å²) in [6.45, 7) is 0.982. The Balaban J connectivity index is 1.96. The number of methoxy groups -OCH3 is 1. The predicted octanol–water partition coefficient (Wildman–Crippen LogP) is -0.588. The normalized spacial score (nSPS) is 16.6. The number of H-pyrrole nitrogens is 1. The number of carbonyl (C=O) groups excluding carboxylic acids is 2. The standard InChI is InChI=1S/C10H15N5O3/c1-18-10(17)6-2-4-15(5-3-6)9(16)7-8(11)13-14-12-7/h6H,2-5H2,1H3,(H3,11,12,13,14). The summed E-state index contributed by atoms with van der Waals surface area (Å²) in [6, 6.07) is 0. The Morgan fingerprint density at radius 2 is 2.06 bits per heavy atom. The number of rotatable bonds is 2. The van der Waals surface area contributed by atoms with E-state index in [2.05, 4.69) is 20.1 Å². The van der Waals surface area contributed by atoms with E-state index in [1.165, 1.54) is 7.11 Å². The van der Waals surface area contributed by atoms with E-state index >= 15 is 0 Å². The SMILES string of the molecule is COC(=O)C1CCN(C(=O)c2n[nH]nc2N)CC1. The van der Waals surface area contributed by atoms with Crippen molar-refractivity contribution in [2.45, 2.75) is 12.8 Å². The lowest BCUT2D eigenvalue weighted by molar-refractivity contribution is -0.146. The van der Waals surface area contributed by atoms with E-state index in [4.69, 9.17) is 5.73 Å². The van der Waals surface area contributed by atoms with Crippen molar-refractivity contribution in [2.24, 2.45) is 5.92 Å². The van der Waals surface area contributed by atoms with Gasteiger partial charge in [-0.05, 0) is 12.8 Å². The molecule has 0 atom stereocenters. The number of nitrogens with one attached hydrogen (secondary N) is 1. The number of ether oxygens (including phenoxy) is 1. The van der Waals surface area contributed by atoms with Gasteiger partial charge in [-0.1, -0.05) is 0 Å². The van der Waals surface area contributed by atoms with Gasteiger partial charge < -0.3 is 15.4 Å². The first-order valence-corrected chi connectivity index (χ1v) is 5.66. The van der Waals surface area contributed by atoms with Crippen molar-refractivity contribution in [1.29, 1.82) is 0 Å². The van der Waals surface area contributed by atoms with Gasteiger partial charge in [0, 0.05) is 13.1 Å². The quantitative estimate of drug-likeness (QED) is 0.681. The monoisotopic (exact) mass is 253 g/mol. The molecule has 1 saturated heterocycles. The maximum atomic E-state index is 12.0. The summed E-state index contributed by atoms with van der Waals surface area (Å²) in [5, 5.41) is 9.63. The number of piperidine rings is 1. The highest BCUT2D eigenvalue weighted by molar-refractivity contribution is 5.96. The summed E-state index contributed by atoms with van der Waals surface area (Å²) in [5.74, 6) is -0.517. The average Bonchev–Trinajstić information content (AvgIpc) is 2.83. The fraction of sp³-hybridized carbons (Fsp3) is 0.600. The van der Waals surface area contributed by atoms with E-state index in [9.17, 15) is 9.59 Å². The fourth-order valence-electron chi connectivity index (χ4n) is 2.03. The van der Waals surface area contributed by atoms with Gasteiger partial charge in [0.25, 0.3) is 5.91 Å². The largest absolute Gasteiger partial charge is 0.469 e. The van der Waals surface area contributed by atoms with Crippen molar-refractivity contribution >= 4 is 17.7 Å². The Hall–Kier alpha value is -2.12. The number of esters is 1. The molecule has 1 amide bonds. The molecule has 0 spiro atoms. The number of anilines is 1. The van der Waals surface area contributed by atoms with Crippen LogP contribution >= 0.6 is 0 Å². The van der Waals surface area contributed by atoms with Gasteiger partial charge in [0.2, 0.25) is 0 Å². The predicted molar refractivity (Wildman–Crippen MR) is 61.4 cm³/mol. The Bertz CT molecular complexity index is 450. The number of amides is 1. The van der Waals surface area contributed by atoms with Gasteiger partial charge in [0.1, 0.15) is 0 Å². The zero-order valence-corrected chi connectivity index (χ0v) is 10.0. The second-order valence-corrected chi connectivity index (χ2v) is 4.15. The van der Waals surface area contributed by atoms with Crippen LogP contribution in [-0.4, -0.2) is 52.4 Å². The fourth-order valence-corrected chi connectivity index (χ4v) is 2.03. The van der Waals surface area contributed by atoms with E-state index in [0.29, 0.717) is 25.9 Å². The number of carbonyl (C=O) groups is 2. The van der Waals surface area contributed by atoms with E-state index in [1.54, 1.807) is 4.90 Å². The summed E-state index contributed by atoms with van der Waals surface area (Å²) >= 11 is 0. The van der Waals surface area contributed by atoms with E-state index in [1.807, 2.05) is 0 Å².